The normalized spacial score (nSPS) is 11.0. The van der Waals surface area contributed by atoms with E-state index < -0.39 is 10.0 Å². The van der Waals surface area contributed by atoms with Gasteiger partial charge < -0.3 is 15.8 Å². The standard InChI is InChI=1S/C16H16N6O3S/c1-25-13-7-5-11(6-8-13)22-26(23,24)14-4-2-3-12(9-14)20-16-19-10-18-15(17)21-16/h2-10,22H,1H3,(H3,17,18,19,20,21). The smallest absolute Gasteiger partial charge is 0.261 e. The Balaban J connectivity index is 1.81. The highest BCUT2D eigenvalue weighted by atomic mass is 32.2. The van der Waals surface area contributed by atoms with Gasteiger partial charge in [0.05, 0.1) is 12.0 Å². The van der Waals surface area contributed by atoms with Crippen molar-refractivity contribution >= 4 is 33.3 Å². The summed E-state index contributed by atoms with van der Waals surface area (Å²) in [5, 5.41) is 2.89. The molecule has 0 amide bonds. The summed E-state index contributed by atoms with van der Waals surface area (Å²) in [6.45, 7) is 0. The minimum atomic E-state index is -3.76. The number of nitrogen functional groups attached to an aromatic ring is 1. The molecule has 0 saturated heterocycles. The van der Waals surface area contributed by atoms with E-state index in [4.69, 9.17) is 10.5 Å². The molecule has 0 atom stereocenters. The first-order valence-corrected chi connectivity index (χ1v) is 8.93. The molecule has 0 fully saturated rings. The van der Waals surface area contributed by atoms with Crippen molar-refractivity contribution in [1.82, 2.24) is 15.0 Å². The van der Waals surface area contributed by atoms with Gasteiger partial charge in [-0.05, 0) is 42.5 Å². The van der Waals surface area contributed by atoms with Gasteiger partial charge in [0.15, 0.2) is 0 Å². The van der Waals surface area contributed by atoms with Crippen LogP contribution in [0.1, 0.15) is 0 Å². The summed E-state index contributed by atoms with van der Waals surface area (Å²) in [7, 11) is -2.23. The summed E-state index contributed by atoms with van der Waals surface area (Å²) in [5.41, 5.74) is 6.42. The molecular formula is C16H16N6O3S. The van der Waals surface area contributed by atoms with Crippen LogP contribution in [-0.4, -0.2) is 30.5 Å². The molecule has 134 valence electrons. The second-order valence-electron chi connectivity index (χ2n) is 5.15. The number of rotatable bonds is 6. The number of nitrogens with two attached hydrogens (primary N) is 1. The minimum Gasteiger partial charge on any atom is -0.497 e. The topological polar surface area (TPSA) is 132 Å². The maximum absolute atomic E-state index is 12.6. The van der Waals surface area contributed by atoms with Crippen molar-refractivity contribution in [3.63, 3.8) is 0 Å². The molecule has 1 heterocycles. The Hall–Kier alpha value is -3.40. The molecule has 10 heteroatoms. The van der Waals surface area contributed by atoms with Crippen LogP contribution in [0.4, 0.5) is 23.3 Å². The highest BCUT2D eigenvalue weighted by Gasteiger charge is 2.15. The zero-order valence-electron chi connectivity index (χ0n) is 13.7. The lowest BCUT2D eigenvalue weighted by molar-refractivity contribution is 0.415. The van der Waals surface area contributed by atoms with E-state index in [2.05, 4.69) is 25.0 Å². The van der Waals surface area contributed by atoms with Crippen LogP contribution in [0, 0.1) is 0 Å². The third-order valence-corrected chi connectivity index (χ3v) is 4.71. The Bertz CT molecular complexity index is 1010. The van der Waals surface area contributed by atoms with Crippen molar-refractivity contribution in [1.29, 1.82) is 0 Å². The van der Waals surface area contributed by atoms with Crippen LogP contribution >= 0.6 is 0 Å². The zero-order chi connectivity index (χ0) is 18.6. The summed E-state index contributed by atoms with van der Waals surface area (Å²) in [6.07, 6.45) is 1.26. The predicted molar refractivity (Wildman–Crippen MR) is 97.8 cm³/mol. The second-order valence-corrected chi connectivity index (χ2v) is 6.84. The molecule has 0 aliphatic heterocycles. The fraction of sp³-hybridized carbons (Fsp3) is 0.0625. The van der Waals surface area contributed by atoms with Crippen molar-refractivity contribution in [3.05, 3.63) is 54.9 Å². The van der Waals surface area contributed by atoms with Gasteiger partial charge in [-0.15, -0.1) is 0 Å². The Labute approximate surface area is 150 Å². The van der Waals surface area contributed by atoms with Gasteiger partial charge in [0.1, 0.15) is 12.1 Å². The molecular weight excluding hydrogens is 356 g/mol. The van der Waals surface area contributed by atoms with Crippen molar-refractivity contribution < 1.29 is 13.2 Å². The molecule has 4 N–H and O–H groups in total. The highest BCUT2D eigenvalue weighted by Crippen LogP contribution is 2.22. The molecule has 0 radical (unpaired) electrons. The third kappa shape index (κ3) is 4.16. The van der Waals surface area contributed by atoms with Gasteiger partial charge >= 0.3 is 0 Å². The molecule has 0 spiro atoms. The average molecular weight is 372 g/mol. The fourth-order valence-electron chi connectivity index (χ4n) is 2.11. The summed E-state index contributed by atoms with van der Waals surface area (Å²) in [4.78, 5) is 11.6. The van der Waals surface area contributed by atoms with Gasteiger partial charge in [0.2, 0.25) is 11.9 Å². The van der Waals surface area contributed by atoms with Crippen molar-refractivity contribution in [2.75, 3.05) is 22.9 Å². The van der Waals surface area contributed by atoms with Gasteiger partial charge in [-0.2, -0.15) is 4.98 Å². The van der Waals surface area contributed by atoms with Crippen LogP contribution in [0.15, 0.2) is 59.8 Å². The molecule has 0 unspecified atom stereocenters. The van der Waals surface area contributed by atoms with Crippen molar-refractivity contribution in [2.45, 2.75) is 4.90 Å². The molecule has 3 aromatic rings. The number of hydrogen-bond donors (Lipinski definition) is 3. The SMILES string of the molecule is COc1ccc(NS(=O)(=O)c2cccc(Nc3ncnc(N)n3)c2)cc1. The van der Waals surface area contributed by atoms with E-state index >= 15 is 0 Å². The zero-order valence-corrected chi connectivity index (χ0v) is 14.6. The first-order valence-electron chi connectivity index (χ1n) is 7.45. The van der Waals surface area contributed by atoms with Crippen LogP contribution in [0.2, 0.25) is 0 Å². The maximum atomic E-state index is 12.6. The van der Waals surface area contributed by atoms with Gasteiger partial charge in [0, 0.05) is 11.4 Å². The van der Waals surface area contributed by atoms with Crippen LogP contribution < -0.4 is 20.5 Å². The molecule has 3 rings (SSSR count). The second kappa shape index (κ2) is 7.23. The molecule has 0 aliphatic carbocycles. The molecule has 0 bridgehead atoms. The van der Waals surface area contributed by atoms with E-state index in [9.17, 15) is 8.42 Å². The minimum absolute atomic E-state index is 0.0625. The van der Waals surface area contributed by atoms with E-state index in [1.807, 2.05) is 0 Å². The van der Waals surface area contributed by atoms with E-state index in [0.717, 1.165) is 0 Å². The van der Waals surface area contributed by atoms with Crippen LogP contribution in [0.3, 0.4) is 0 Å². The Morgan fingerprint density at radius 3 is 2.50 bits per heavy atom. The lowest BCUT2D eigenvalue weighted by Crippen LogP contribution is -2.13. The number of nitrogens with one attached hydrogen (secondary N) is 2. The van der Waals surface area contributed by atoms with Crippen LogP contribution in [0.25, 0.3) is 0 Å². The van der Waals surface area contributed by atoms with E-state index in [-0.39, 0.29) is 16.8 Å². The number of ether oxygens (including phenoxy) is 1. The average Bonchev–Trinajstić information content (AvgIpc) is 2.62. The predicted octanol–water partition coefficient (Wildman–Crippen LogP) is 2.01. The Morgan fingerprint density at radius 1 is 1.04 bits per heavy atom. The van der Waals surface area contributed by atoms with E-state index in [0.29, 0.717) is 17.1 Å². The lowest BCUT2D eigenvalue weighted by atomic mass is 10.3. The number of benzene rings is 2. The van der Waals surface area contributed by atoms with Crippen molar-refractivity contribution in [3.8, 4) is 5.75 Å². The fourth-order valence-corrected chi connectivity index (χ4v) is 3.22. The molecule has 1 aromatic heterocycles. The lowest BCUT2D eigenvalue weighted by Gasteiger charge is -2.10. The summed E-state index contributed by atoms with van der Waals surface area (Å²) < 4.78 is 32.7. The van der Waals surface area contributed by atoms with Gasteiger partial charge in [-0.3, -0.25) is 4.72 Å². The monoisotopic (exact) mass is 372 g/mol. The molecule has 26 heavy (non-hydrogen) atoms. The highest BCUT2D eigenvalue weighted by molar-refractivity contribution is 7.92. The number of nitrogens with zero attached hydrogens (tertiary/aromatic N) is 3. The molecule has 0 saturated carbocycles. The number of hydrogen-bond acceptors (Lipinski definition) is 8. The summed E-state index contributed by atoms with van der Waals surface area (Å²) in [6, 6.07) is 12.8. The first-order chi connectivity index (χ1) is 12.5. The van der Waals surface area contributed by atoms with Gasteiger partial charge in [-0.1, -0.05) is 6.07 Å². The summed E-state index contributed by atoms with van der Waals surface area (Å²) in [5.74, 6) is 0.915. The van der Waals surface area contributed by atoms with Gasteiger partial charge in [0.25, 0.3) is 10.0 Å². The molecule has 2 aromatic carbocycles. The Morgan fingerprint density at radius 2 is 1.81 bits per heavy atom. The third-order valence-electron chi connectivity index (χ3n) is 3.33. The Kier molecular flexibility index (Phi) is 4.85. The quantitative estimate of drug-likeness (QED) is 0.598. The molecule has 0 aliphatic rings. The van der Waals surface area contributed by atoms with E-state index in [1.165, 1.54) is 25.6 Å². The number of sulfonamides is 1. The van der Waals surface area contributed by atoms with Crippen LogP contribution in [-0.2, 0) is 10.0 Å². The maximum Gasteiger partial charge on any atom is 0.261 e. The largest absolute Gasteiger partial charge is 0.497 e. The molecule has 9 nitrogen and oxygen atoms in total. The van der Waals surface area contributed by atoms with Gasteiger partial charge in [-0.25, -0.2) is 18.4 Å². The number of aromatic nitrogens is 3. The summed E-state index contributed by atoms with van der Waals surface area (Å²) >= 11 is 0. The number of methoxy groups -OCH3 is 1. The van der Waals surface area contributed by atoms with Crippen molar-refractivity contribution in [2.24, 2.45) is 0 Å². The van der Waals surface area contributed by atoms with E-state index in [1.54, 1.807) is 36.4 Å². The van der Waals surface area contributed by atoms with Crippen LogP contribution in [0.5, 0.6) is 5.75 Å². The first kappa shape index (κ1) is 17.4. The number of anilines is 4.